The number of hydrogen-bond acceptors (Lipinski definition) is 5. The summed E-state index contributed by atoms with van der Waals surface area (Å²) in [6.07, 6.45) is 1.76. The first-order valence-electron chi connectivity index (χ1n) is 6.45. The van der Waals surface area contributed by atoms with Crippen LogP contribution >= 0.6 is 11.6 Å². The maximum absolute atomic E-state index is 10.2. The monoisotopic (exact) mass is 309 g/mol. The number of benzene rings is 1. The van der Waals surface area contributed by atoms with E-state index in [1.807, 2.05) is 0 Å². The molecule has 7 heteroatoms. The zero-order valence-electron chi connectivity index (χ0n) is 11.3. The zero-order valence-corrected chi connectivity index (χ0v) is 12.0. The normalized spacial score (nSPS) is 12.1. The third-order valence-corrected chi connectivity index (χ3v) is 3.11. The van der Waals surface area contributed by atoms with Crippen molar-refractivity contribution in [2.75, 3.05) is 6.61 Å². The molecule has 0 aliphatic heterocycles. The maximum Gasteiger partial charge on any atom is 0.404 e. The van der Waals surface area contributed by atoms with Gasteiger partial charge in [-0.05, 0) is 35.6 Å². The fraction of sp³-hybridized carbons (Fsp3) is 0.286. The Morgan fingerprint density at radius 3 is 2.33 bits per heavy atom. The summed E-state index contributed by atoms with van der Waals surface area (Å²) in [6.45, 7) is 0.234. The number of aromatic nitrogens is 1. The molecule has 4 N–H and O–H groups in total. The van der Waals surface area contributed by atoms with E-state index < -0.39 is 6.09 Å². The van der Waals surface area contributed by atoms with E-state index in [1.165, 1.54) is 17.3 Å². The van der Waals surface area contributed by atoms with E-state index in [4.69, 9.17) is 27.5 Å². The summed E-state index contributed by atoms with van der Waals surface area (Å²) in [4.78, 5) is 14.1. The molecule has 0 spiro atoms. The molecule has 1 heterocycles. The lowest BCUT2D eigenvalue weighted by atomic mass is 9.95. The summed E-state index contributed by atoms with van der Waals surface area (Å²) in [6, 6.07) is 8.13. The van der Waals surface area contributed by atoms with Crippen LogP contribution in [0.25, 0.3) is 11.1 Å². The van der Waals surface area contributed by atoms with E-state index in [1.54, 1.807) is 0 Å². The van der Waals surface area contributed by atoms with Gasteiger partial charge in [-0.15, -0.1) is 0 Å². The van der Waals surface area contributed by atoms with Gasteiger partial charge in [0.1, 0.15) is 0 Å². The molecule has 0 saturated carbocycles. The van der Waals surface area contributed by atoms with Gasteiger partial charge in [-0.3, -0.25) is 0 Å². The Labute approximate surface area is 127 Å². The molecule has 1 amide bonds. The number of primary amides is 1. The maximum atomic E-state index is 10.2. The lowest BCUT2D eigenvalue weighted by Gasteiger charge is -2.10. The largest absolute Gasteiger partial charge is 0.450 e. The average molecular weight is 310 g/mol. The van der Waals surface area contributed by atoms with Gasteiger partial charge < -0.3 is 20.6 Å². The number of nitrogens with two attached hydrogens (primary N) is 2. The number of nitrogens with zero attached hydrogens (tertiary/aromatic N) is 1. The molecule has 0 bridgehead atoms. The third-order valence-electron chi connectivity index (χ3n) is 2.93. The first kappa shape index (κ1) is 15.3. The molecular formula is C14H16ClN3O3. The number of carbonyl (C=O) groups is 1. The molecule has 0 aromatic carbocycles. The number of carbonyl (C=O) groups excluding carboxylic acids is 1. The van der Waals surface area contributed by atoms with E-state index in [0.717, 1.165) is 0 Å². The molecule has 2 aliphatic rings. The van der Waals surface area contributed by atoms with Crippen LogP contribution in [0.1, 0.15) is 24.8 Å². The van der Waals surface area contributed by atoms with E-state index >= 15 is 0 Å². The standard InChI is InChI=1S/C8H12ClN3O3.C6H4/c9-6-4-12-7(15-6)5(10)2-1-3-14-8(11)13;1-2-6-4-3-5(1)6/h4-5H,1-3,10H2,(H2,11,13);1-4H. The lowest BCUT2D eigenvalue weighted by Crippen LogP contribution is -2.16. The quantitative estimate of drug-likeness (QED) is 0.705. The fourth-order valence-electron chi connectivity index (χ4n) is 1.70. The van der Waals surface area contributed by atoms with Crippen LogP contribution in [-0.2, 0) is 4.74 Å². The van der Waals surface area contributed by atoms with Gasteiger partial charge in [-0.25, -0.2) is 9.78 Å². The third kappa shape index (κ3) is 4.47. The molecule has 21 heavy (non-hydrogen) atoms. The van der Waals surface area contributed by atoms with Crippen LogP contribution in [0, 0.1) is 0 Å². The highest BCUT2D eigenvalue weighted by Gasteiger charge is 2.12. The number of hydrogen-bond donors (Lipinski definition) is 2. The highest BCUT2D eigenvalue weighted by atomic mass is 35.5. The van der Waals surface area contributed by atoms with E-state index in [2.05, 4.69) is 34.0 Å². The first-order valence-corrected chi connectivity index (χ1v) is 6.83. The van der Waals surface area contributed by atoms with Crippen LogP contribution in [0.2, 0.25) is 5.22 Å². The molecule has 112 valence electrons. The molecule has 1 aromatic heterocycles. The first-order chi connectivity index (χ1) is 10.1. The number of rotatable bonds is 5. The second-order valence-electron chi connectivity index (χ2n) is 4.50. The van der Waals surface area contributed by atoms with E-state index in [9.17, 15) is 4.79 Å². The average Bonchev–Trinajstić information content (AvgIpc) is 2.86. The van der Waals surface area contributed by atoms with Gasteiger partial charge in [-0.1, -0.05) is 24.3 Å². The van der Waals surface area contributed by atoms with Crippen LogP contribution < -0.4 is 11.5 Å². The van der Waals surface area contributed by atoms with Gasteiger partial charge in [0.25, 0.3) is 0 Å². The van der Waals surface area contributed by atoms with E-state index in [-0.39, 0.29) is 17.9 Å². The van der Waals surface area contributed by atoms with Crippen LogP contribution in [0.5, 0.6) is 0 Å². The molecule has 3 rings (SSSR count). The fourth-order valence-corrected chi connectivity index (χ4v) is 1.83. The Hall–Kier alpha value is -2.05. The Morgan fingerprint density at radius 2 is 1.95 bits per heavy atom. The lowest BCUT2D eigenvalue weighted by molar-refractivity contribution is 0.153. The summed E-state index contributed by atoms with van der Waals surface area (Å²) < 4.78 is 9.56. The summed E-state index contributed by atoms with van der Waals surface area (Å²) in [5.41, 5.74) is 13.4. The smallest absolute Gasteiger partial charge is 0.404 e. The van der Waals surface area contributed by atoms with Crippen molar-refractivity contribution in [2.45, 2.75) is 18.9 Å². The number of halogens is 1. The number of oxazole rings is 1. The minimum Gasteiger partial charge on any atom is -0.450 e. The van der Waals surface area contributed by atoms with Crippen molar-refractivity contribution in [2.24, 2.45) is 11.5 Å². The number of ether oxygens (including phenoxy) is 1. The van der Waals surface area contributed by atoms with Gasteiger partial charge in [0.05, 0.1) is 18.8 Å². The van der Waals surface area contributed by atoms with Crippen molar-refractivity contribution in [3.8, 4) is 11.1 Å². The van der Waals surface area contributed by atoms with Crippen LogP contribution in [0.15, 0.2) is 34.9 Å². The Balaban J connectivity index is 0.000000218. The van der Waals surface area contributed by atoms with Crippen LogP contribution in [0.3, 0.4) is 0 Å². The summed E-state index contributed by atoms with van der Waals surface area (Å²) in [7, 11) is 0. The molecule has 0 saturated heterocycles. The van der Waals surface area contributed by atoms with Crippen molar-refractivity contribution >= 4 is 17.7 Å². The summed E-state index contributed by atoms with van der Waals surface area (Å²) in [5.74, 6) is 0.374. The Bertz CT molecular complexity index is 577. The predicted octanol–water partition coefficient (Wildman–Crippen LogP) is 2.87. The topological polar surface area (TPSA) is 104 Å². The Kier molecular flexibility index (Phi) is 5.19. The minimum atomic E-state index is -0.789. The molecule has 1 atom stereocenters. The van der Waals surface area contributed by atoms with Crippen LogP contribution in [-0.4, -0.2) is 17.7 Å². The van der Waals surface area contributed by atoms with Crippen molar-refractivity contribution < 1.29 is 13.9 Å². The number of amides is 1. The molecule has 6 nitrogen and oxygen atoms in total. The van der Waals surface area contributed by atoms with Gasteiger partial charge in [0.2, 0.25) is 11.1 Å². The van der Waals surface area contributed by atoms with Crippen molar-refractivity contribution in [1.29, 1.82) is 0 Å². The van der Waals surface area contributed by atoms with Crippen molar-refractivity contribution in [3.63, 3.8) is 0 Å². The second kappa shape index (κ2) is 7.10. The molecule has 2 aliphatic carbocycles. The summed E-state index contributed by atoms with van der Waals surface area (Å²) >= 11 is 5.54. The predicted molar refractivity (Wildman–Crippen MR) is 78.6 cm³/mol. The van der Waals surface area contributed by atoms with Crippen molar-refractivity contribution in [3.05, 3.63) is 41.6 Å². The van der Waals surface area contributed by atoms with Gasteiger partial charge in [0.15, 0.2) is 0 Å². The molecule has 1 aromatic rings. The minimum absolute atomic E-state index is 0.203. The molecule has 0 fully saturated rings. The van der Waals surface area contributed by atoms with Crippen molar-refractivity contribution in [1.82, 2.24) is 4.98 Å². The highest BCUT2D eigenvalue weighted by Crippen LogP contribution is 2.29. The molecule has 1 unspecified atom stereocenters. The molecule has 0 radical (unpaired) electrons. The van der Waals surface area contributed by atoms with Gasteiger partial charge in [-0.2, -0.15) is 0 Å². The van der Waals surface area contributed by atoms with Gasteiger partial charge in [0, 0.05) is 0 Å². The van der Waals surface area contributed by atoms with E-state index in [0.29, 0.717) is 18.7 Å². The number of fused-ring (bicyclic) bond motifs is 1. The molecular weight excluding hydrogens is 294 g/mol. The highest BCUT2D eigenvalue weighted by molar-refractivity contribution is 6.28. The second-order valence-corrected chi connectivity index (χ2v) is 4.87. The van der Waals surface area contributed by atoms with Gasteiger partial charge >= 0.3 is 6.09 Å². The Morgan fingerprint density at radius 1 is 1.33 bits per heavy atom. The SMILES string of the molecule is NC(=O)OCCCC(N)c1ncc(Cl)o1.c1cc2ccc1-2. The zero-order chi connectivity index (χ0) is 15.2. The summed E-state index contributed by atoms with van der Waals surface area (Å²) in [5, 5.41) is 0.203. The van der Waals surface area contributed by atoms with Crippen LogP contribution in [0.4, 0.5) is 4.79 Å².